The van der Waals surface area contributed by atoms with Crippen molar-refractivity contribution in [1.82, 2.24) is 14.5 Å². The molecule has 98 valence electrons. The van der Waals surface area contributed by atoms with Crippen molar-refractivity contribution >= 4 is 16.0 Å². The maximum Gasteiger partial charge on any atom is 0.302 e. The fraction of sp³-hybridized carbons (Fsp3) is 0.700. The van der Waals surface area contributed by atoms with Crippen LogP contribution in [0.15, 0.2) is 6.07 Å². The molecule has 0 spiro atoms. The highest BCUT2D eigenvalue weighted by Gasteiger charge is 2.21. The predicted molar refractivity (Wildman–Crippen MR) is 68.0 cm³/mol. The van der Waals surface area contributed by atoms with E-state index in [-0.39, 0.29) is 6.04 Å². The van der Waals surface area contributed by atoms with Crippen LogP contribution in [0.4, 0.5) is 5.82 Å². The van der Waals surface area contributed by atoms with Crippen molar-refractivity contribution in [3.8, 4) is 0 Å². The lowest BCUT2D eigenvalue weighted by Gasteiger charge is -2.20. The summed E-state index contributed by atoms with van der Waals surface area (Å²) in [5, 5.41) is 6.72. The third-order valence-electron chi connectivity index (χ3n) is 2.49. The Hall–Kier alpha value is -1.08. The molecule has 0 amide bonds. The quantitative estimate of drug-likeness (QED) is 0.810. The van der Waals surface area contributed by atoms with Gasteiger partial charge in [0.05, 0.1) is 0 Å². The van der Waals surface area contributed by atoms with Gasteiger partial charge in [-0.05, 0) is 20.3 Å². The number of hydrogen-bond acceptors (Lipinski definition) is 3. The number of aromatic amines is 1. The van der Waals surface area contributed by atoms with E-state index in [4.69, 9.17) is 0 Å². The zero-order valence-electron chi connectivity index (χ0n) is 10.7. The van der Waals surface area contributed by atoms with Crippen molar-refractivity contribution in [1.29, 1.82) is 0 Å². The van der Waals surface area contributed by atoms with Crippen molar-refractivity contribution in [3.63, 3.8) is 0 Å². The van der Waals surface area contributed by atoms with Crippen LogP contribution in [0.2, 0.25) is 0 Å². The second-order valence-electron chi connectivity index (χ2n) is 4.25. The van der Waals surface area contributed by atoms with E-state index in [0.717, 1.165) is 18.5 Å². The van der Waals surface area contributed by atoms with Crippen LogP contribution in [0.25, 0.3) is 0 Å². The molecule has 1 rings (SSSR count). The van der Waals surface area contributed by atoms with Gasteiger partial charge in [0, 0.05) is 24.8 Å². The van der Waals surface area contributed by atoms with Crippen LogP contribution >= 0.6 is 0 Å². The van der Waals surface area contributed by atoms with E-state index >= 15 is 0 Å². The molecular formula is C10H20N4O2S. The molecule has 7 heteroatoms. The van der Waals surface area contributed by atoms with E-state index in [9.17, 15) is 8.42 Å². The third-order valence-corrected chi connectivity index (χ3v) is 4.14. The van der Waals surface area contributed by atoms with Gasteiger partial charge in [0.1, 0.15) is 0 Å². The van der Waals surface area contributed by atoms with E-state index in [1.165, 1.54) is 11.4 Å². The molecule has 0 bridgehead atoms. The highest BCUT2D eigenvalue weighted by Crippen LogP contribution is 2.11. The van der Waals surface area contributed by atoms with Gasteiger partial charge in [-0.25, -0.2) is 0 Å². The molecule has 0 saturated carbocycles. The van der Waals surface area contributed by atoms with Crippen molar-refractivity contribution in [3.05, 3.63) is 11.8 Å². The Kier molecular flexibility index (Phi) is 4.53. The Morgan fingerprint density at radius 2 is 2.18 bits per heavy atom. The zero-order valence-corrected chi connectivity index (χ0v) is 11.5. The van der Waals surface area contributed by atoms with Gasteiger partial charge in [-0.2, -0.15) is 17.8 Å². The largest absolute Gasteiger partial charge is 0.302 e. The number of aryl methyl sites for hydroxylation is 1. The van der Waals surface area contributed by atoms with Crippen LogP contribution in [0.3, 0.4) is 0 Å². The first-order valence-corrected chi connectivity index (χ1v) is 7.11. The van der Waals surface area contributed by atoms with Gasteiger partial charge in [-0.15, -0.1) is 0 Å². The normalized spacial score (nSPS) is 12.4. The van der Waals surface area contributed by atoms with Crippen molar-refractivity contribution in [2.45, 2.75) is 39.7 Å². The number of nitrogens with one attached hydrogen (secondary N) is 2. The Labute approximate surface area is 103 Å². The molecular weight excluding hydrogens is 240 g/mol. The molecule has 0 radical (unpaired) electrons. The Morgan fingerprint density at radius 1 is 1.53 bits per heavy atom. The molecule has 1 aromatic rings. The minimum absolute atomic E-state index is 0.0958. The van der Waals surface area contributed by atoms with Gasteiger partial charge in [0.15, 0.2) is 5.82 Å². The second-order valence-corrected chi connectivity index (χ2v) is 5.98. The monoisotopic (exact) mass is 260 g/mol. The lowest BCUT2D eigenvalue weighted by molar-refractivity contribution is 0.414. The van der Waals surface area contributed by atoms with Crippen LogP contribution in [0.5, 0.6) is 0 Å². The summed E-state index contributed by atoms with van der Waals surface area (Å²) in [5.74, 6) is 0.334. The highest BCUT2D eigenvalue weighted by molar-refractivity contribution is 7.90. The lowest BCUT2D eigenvalue weighted by Crippen LogP contribution is -2.37. The molecule has 17 heavy (non-hydrogen) atoms. The zero-order chi connectivity index (χ0) is 13.1. The summed E-state index contributed by atoms with van der Waals surface area (Å²) < 4.78 is 27.4. The summed E-state index contributed by atoms with van der Waals surface area (Å²) in [6, 6.07) is 1.62. The molecule has 1 heterocycles. The second kappa shape index (κ2) is 5.50. The number of rotatable bonds is 6. The van der Waals surface area contributed by atoms with E-state index in [2.05, 4.69) is 21.8 Å². The van der Waals surface area contributed by atoms with Crippen LogP contribution in [0, 0.1) is 0 Å². The van der Waals surface area contributed by atoms with Gasteiger partial charge in [-0.1, -0.05) is 13.3 Å². The summed E-state index contributed by atoms with van der Waals surface area (Å²) in [6.07, 6.45) is 1.84. The molecule has 0 aromatic carbocycles. The van der Waals surface area contributed by atoms with E-state index in [1.54, 1.807) is 6.07 Å². The van der Waals surface area contributed by atoms with Crippen LogP contribution in [-0.4, -0.2) is 36.0 Å². The predicted octanol–water partition coefficient (Wildman–Crippen LogP) is 1.36. The molecule has 0 aliphatic heterocycles. The SMILES string of the molecule is CCCc1cc(NS(=O)(=O)N(C)C(C)C)n[nH]1. The maximum absolute atomic E-state index is 11.9. The standard InChI is InChI=1S/C10H20N4O2S/c1-5-6-9-7-10(12-11-9)13-17(15,16)14(4)8(2)3/h7-8H,5-6H2,1-4H3,(H2,11,12,13). The summed E-state index contributed by atoms with van der Waals surface area (Å²) >= 11 is 0. The number of H-pyrrole nitrogens is 1. The van der Waals surface area contributed by atoms with Crippen molar-refractivity contribution in [2.24, 2.45) is 0 Å². The summed E-state index contributed by atoms with van der Waals surface area (Å²) in [4.78, 5) is 0. The van der Waals surface area contributed by atoms with Crippen LogP contribution in [0.1, 0.15) is 32.9 Å². The number of anilines is 1. The summed E-state index contributed by atoms with van der Waals surface area (Å²) in [6.45, 7) is 5.68. The fourth-order valence-electron chi connectivity index (χ4n) is 1.29. The average Bonchev–Trinajstić information content (AvgIpc) is 2.64. The smallest absolute Gasteiger partial charge is 0.280 e. The Balaban J connectivity index is 2.76. The number of hydrogen-bond donors (Lipinski definition) is 2. The Bertz CT molecular complexity index is 453. The Morgan fingerprint density at radius 3 is 2.71 bits per heavy atom. The molecule has 6 nitrogen and oxygen atoms in total. The summed E-state index contributed by atoms with van der Waals surface area (Å²) in [7, 11) is -1.98. The van der Waals surface area contributed by atoms with Gasteiger partial charge < -0.3 is 0 Å². The van der Waals surface area contributed by atoms with E-state index in [0.29, 0.717) is 5.82 Å². The average molecular weight is 260 g/mol. The van der Waals surface area contributed by atoms with E-state index in [1.807, 2.05) is 13.8 Å². The molecule has 0 aliphatic rings. The van der Waals surface area contributed by atoms with Gasteiger partial charge >= 0.3 is 10.2 Å². The number of nitrogens with zero attached hydrogens (tertiary/aromatic N) is 2. The third kappa shape index (κ3) is 3.71. The van der Waals surface area contributed by atoms with Crippen molar-refractivity contribution < 1.29 is 8.42 Å². The van der Waals surface area contributed by atoms with Gasteiger partial charge in [0.25, 0.3) is 0 Å². The topological polar surface area (TPSA) is 78.1 Å². The van der Waals surface area contributed by atoms with Gasteiger partial charge in [-0.3, -0.25) is 9.82 Å². The molecule has 0 fully saturated rings. The van der Waals surface area contributed by atoms with E-state index < -0.39 is 10.2 Å². The van der Waals surface area contributed by atoms with Crippen LogP contribution in [-0.2, 0) is 16.6 Å². The lowest BCUT2D eigenvalue weighted by atomic mass is 10.2. The molecule has 0 aliphatic carbocycles. The van der Waals surface area contributed by atoms with Gasteiger partial charge in [0.2, 0.25) is 0 Å². The first kappa shape index (κ1) is 14.0. The minimum atomic E-state index is -3.51. The maximum atomic E-state index is 11.9. The summed E-state index contributed by atoms with van der Waals surface area (Å²) in [5.41, 5.74) is 0.928. The fourth-order valence-corrected chi connectivity index (χ4v) is 2.36. The first-order valence-electron chi connectivity index (χ1n) is 5.67. The minimum Gasteiger partial charge on any atom is -0.280 e. The molecule has 0 saturated heterocycles. The van der Waals surface area contributed by atoms with Crippen molar-refractivity contribution in [2.75, 3.05) is 11.8 Å². The van der Waals surface area contributed by atoms with Crippen LogP contribution < -0.4 is 4.72 Å². The molecule has 0 atom stereocenters. The number of aromatic nitrogens is 2. The molecule has 0 unspecified atom stereocenters. The molecule has 1 aromatic heterocycles. The molecule has 2 N–H and O–H groups in total. The first-order chi connectivity index (χ1) is 7.86. The highest BCUT2D eigenvalue weighted by atomic mass is 32.2.